The number of benzene rings is 2. The average Bonchev–Trinajstić information content (AvgIpc) is 2.99. The molecule has 0 fully saturated rings. The monoisotopic (exact) mass is 394 g/mol. The van der Waals surface area contributed by atoms with Crippen LogP contribution in [0.15, 0.2) is 47.4 Å². The van der Waals surface area contributed by atoms with E-state index >= 15 is 0 Å². The van der Waals surface area contributed by atoms with Crippen LogP contribution in [0.5, 0.6) is 0 Å². The molecule has 5 nitrogen and oxygen atoms in total. The number of aromatic amines is 1. The SMILES string of the molecule is Cc1cc(-c2c(Cl)n[nH]c2-c2ccc(S(=O)(=O)CCO)cc2)ccc1F. The lowest BCUT2D eigenvalue weighted by Crippen LogP contribution is -2.09. The first-order valence-corrected chi connectivity index (χ1v) is 9.81. The van der Waals surface area contributed by atoms with E-state index in [1.54, 1.807) is 31.2 Å². The van der Waals surface area contributed by atoms with Crippen molar-refractivity contribution in [3.63, 3.8) is 0 Å². The number of halogens is 2. The molecule has 0 aliphatic rings. The summed E-state index contributed by atoms with van der Waals surface area (Å²) in [6.07, 6.45) is 0. The Balaban J connectivity index is 2.05. The molecular weight excluding hydrogens is 379 g/mol. The van der Waals surface area contributed by atoms with E-state index in [1.807, 2.05) is 0 Å². The number of H-pyrrole nitrogens is 1. The molecule has 0 saturated heterocycles. The van der Waals surface area contributed by atoms with Crippen LogP contribution in [0, 0.1) is 12.7 Å². The molecule has 0 spiro atoms. The van der Waals surface area contributed by atoms with Gasteiger partial charge in [-0.3, -0.25) is 5.10 Å². The van der Waals surface area contributed by atoms with Crippen molar-refractivity contribution < 1.29 is 17.9 Å². The third kappa shape index (κ3) is 3.51. The van der Waals surface area contributed by atoms with Gasteiger partial charge in [0.2, 0.25) is 0 Å². The molecule has 1 aromatic heterocycles. The van der Waals surface area contributed by atoms with Crippen LogP contribution in [-0.2, 0) is 9.84 Å². The van der Waals surface area contributed by atoms with Gasteiger partial charge >= 0.3 is 0 Å². The highest BCUT2D eigenvalue weighted by Gasteiger charge is 2.18. The Morgan fingerprint density at radius 2 is 1.81 bits per heavy atom. The summed E-state index contributed by atoms with van der Waals surface area (Å²) in [5, 5.41) is 16.0. The summed E-state index contributed by atoms with van der Waals surface area (Å²) >= 11 is 6.21. The highest BCUT2D eigenvalue weighted by Crippen LogP contribution is 2.36. The predicted octanol–water partition coefficient (Wildman–Crippen LogP) is 3.61. The van der Waals surface area contributed by atoms with Crippen molar-refractivity contribution in [3.8, 4) is 22.4 Å². The molecule has 0 aliphatic heterocycles. The van der Waals surface area contributed by atoms with Crippen LogP contribution in [-0.4, -0.2) is 36.1 Å². The summed E-state index contributed by atoms with van der Waals surface area (Å²) in [4.78, 5) is 0.125. The molecule has 26 heavy (non-hydrogen) atoms. The number of aliphatic hydroxyl groups excluding tert-OH is 1. The highest BCUT2D eigenvalue weighted by atomic mass is 35.5. The molecule has 3 rings (SSSR count). The van der Waals surface area contributed by atoms with Gasteiger partial charge in [-0.2, -0.15) is 5.10 Å². The van der Waals surface area contributed by atoms with Crippen molar-refractivity contribution in [2.75, 3.05) is 12.4 Å². The molecule has 2 aromatic carbocycles. The number of nitrogens with zero attached hydrogens (tertiary/aromatic N) is 1. The summed E-state index contributed by atoms with van der Waals surface area (Å²) in [7, 11) is -3.52. The highest BCUT2D eigenvalue weighted by molar-refractivity contribution is 7.91. The van der Waals surface area contributed by atoms with E-state index in [0.29, 0.717) is 27.9 Å². The third-order valence-electron chi connectivity index (χ3n) is 4.03. The number of hydrogen-bond acceptors (Lipinski definition) is 4. The Labute approximate surface area is 155 Å². The molecule has 0 atom stereocenters. The van der Waals surface area contributed by atoms with Gasteiger partial charge in [-0.15, -0.1) is 0 Å². The molecule has 136 valence electrons. The second-order valence-electron chi connectivity index (χ2n) is 5.80. The van der Waals surface area contributed by atoms with Gasteiger partial charge in [-0.1, -0.05) is 29.8 Å². The van der Waals surface area contributed by atoms with E-state index in [2.05, 4.69) is 10.2 Å². The number of aryl methyl sites for hydroxylation is 1. The van der Waals surface area contributed by atoms with E-state index in [4.69, 9.17) is 16.7 Å². The van der Waals surface area contributed by atoms with Crippen molar-refractivity contribution in [2.45, 2.75) is 11.8 Å². The van der Waals surface area contributed by atoms with Gasteiger partial charge in [0, 0.05) is 11.1 Å². The Morgan fingerprint density at radius 1 is 1.15 bits per heavy atom. The molecular formula is C18H16ClFN2O3S. The van der Waals surface area contributed by atoms with Gasteiger partial charge in [0.15, 0.2) is 15.0 Å². The first-order chi connectivity index (χ1) is 12.3. The number of nitrogens with one attached hydrogen (secondary N) is 1. The van der Waals surface area contributed by atoms with Gasteiger partial charge in [0.25, 0.3) is 0 Å². The fraction of sp³-hybridized carbons (Fsp3) is 0.167. The maximum Gasteiger partial charge on any atom is 0.180 e. The van der Waals surface area contributed by atoms with Gasteiger partial charge < -0.3 is 5.11 Å². The summed E-state index contributed by atoms with van der Waals surface area (Å²) in [5.41, 5.74) is 3.09. The number of aromatic nitrogens is 2. The van der Waals surface area contributed by atoms with Crippen molar-refractivity contribution in [1.82, 2.24) is 10.2 Å². The minimum Gasteiger partial charge on any atom is -0.395 e. The molecule has 0 amide bonds. The maximum absolute atomic E-state index is 13.6. The number of rotatable bonds is 5. The van der Waals surface area contributed by atoms with E-state index in [-0.39, 0.29) is 21.6 Å². The minimum absolute atomic E-state index is 0.125. The fourth-order valence-corrected chi connectivity index (χ4v) is 3.93. The molecule has 0 aliphatic carbocycles. The minimum atomic E-state index is -3.52. The Hall–Kier alpha value is -2.22. The fourth-order valence-electron chi connectivity index (χ4n) is 2.66. The molecule has 0 saturated carbocycles. The number of hydrogen-bond donors (Lipinski definition) is 2. The molecule has 1 heterocycles. The van der Waals surface area contributed by atoms with Crippen LogP contribution < -0.4 is 0 Å². The van der Waals surface area contributed by atoms with Gasteiger partial charge in [-0.25, -0.2) is 12.8 Å². The van der Waals surface area contributed by atoms with E-state index < -0.39 is 16.4 Å². The Bertz CT molecular complexity index is 1050. The topological polar surface area (TPSA) is 83.0 Å². The second kappa shape index (κ2) is 7.19. The van der Waals surface area contributed by atoms with E-state index in [0.717, 1.165) is 0 Å². The predicted molar refractivity (Wildman–Crippen MR) is 98.3 cm³/mol. The zero-order chi connectivity index (χ0) is 18.9. The lowest BCUT2D eigenvalue weighted by Gasteiger charge is -2.08. The van der Waals surface area contributed by atoms with Crippen LogP contribution in [0.3, 0.4) is 0 Å². The van der Waals surface area contributed by atoms with Crippen LogP contribution in [0.2, 0.25) is 5.15 Å². The molecule has 0 radical (unpaired) electrons. The van der Waals surface area contributed by atoms with E-state index in [9.17, 15) is 12.8 Å². The van der Waals surface area contributed by atoms with Gasteiger partial charge in [0.05, 0.1) is 22.9 Å². The molecule has 0 bridgehead atoms. The summed E-state index contributed by atoms with van der Waals surface area (Å²) in [6.45, 7) is 1.22. The molecule has 2 N–H and O–H groups in total. The average molecular weight is 395 g/mol. The standard InChI is InChI=1S/C18H16ClFN2O3S/c1-11-10-13(4-7-15(11)20)16-17(21-22-18(16)19)12-2-5-14(6-3-12)26(24,25)9-8-23/h2-7,10,23H,8-9H2,1H3,(H,21,22). The second-order valence-corrected chi connectivity index (χ2v) is 8.26. The lowest BCUT2D eigenvalue weighted by molar-refractivity contribution is 0.319. The summed E-state index contributed by atoms with van der Waals surface area (Å²) in [6, 6.07) is 10.9. The normalized spacial score (nSPS) is 11.7. The van der Waals surface area contributed by atoms with Crippen molar-refractivity contribution in [3.05, 3.63) is 59.0 Å². The number of aliphatic hydroxyl groups is 1. The van der Waals surface area contributed by atoms with Crippen molar-refractivity contribution in [2.24, 2.45) is 0 Å². The molecule has 3 aromatic rings. The zero-order valence-corrected chi connectivity index (χ0v) is 15.4. The maximum atomic E-state index is 13.6. The first-order valence-electron chi connectivity index (χ1n) is 7.78. The summed E-state index contributed by atoms with van der Waals surface area (Å²) in [5.74, 6) is -0.643. The smallest absolute Gasteiger partial charge is 0.180 e. The quantitative estimate of drug-likeness (QED) is 0.692. The van der Waals surface area contributed by atoms with Crippen molar-refractivity contribution in [1.29, 1.82) is 0 Å². The number of sulfone groups is 1. The third-order valence-corrected chi connectivity index (χ3v) is 6.01. The van der Waals surface area contributed by atoms with Gasteiger partial charge in [0.1, 0.15) is 5.82 Å². The van der Waals surface area contributed by atoms with E-state index in [1.165, 1.54) is 18.2 Å². The van der Waals surface area contributed by atoms with Crippen LogP contribution in [0.1, 0.15) is 5.56 Å². The Kier molecular flexibility index (Phi) is 5.13. The molecule has 8 heteroatoms. The van der Waals surface area contributed by atoms with Gasteiger partial charge in [-0.05, 0) is 42.3 Å². The first kappa shape index (κ1) is 18.6. The lowest BCUT2D eigenvalue weighted by atomic mass is 10.00. The largest absolute Gasteiger partial charge is 0.395 e. The van der Waals surface area contributed by atoms with Crippen LogP contribution in [0.4, 0.5) is 4.39 Å². The van der Waals surface area contributed by atoms with Crippen LogP contribution in [0.25, 0.3) is 22.4 Å². The molecule has 0 unspecified atom stereocenters. The zero-order valence-electron chi connectivity index (χ0n) is 13.8. The van der Waals surface area contributed by atoms with Crippen molar-refractivity contribution >= 4 is 21.4 Å². The summed E-state index contributed by atoms with van der Waals surface area (Å²) < 4.78 is 37.6. The van der Waals surface area contributed by atoms with Crippen LogP contribution >= 0.6 is 11.6 Å². The Morgan fingerprint density at radius 3 is 2.42 bits per heavy atom.